The minimum Gasteiger partial charge on any atom is -0.366 e. The third kappa shape index (κ3) is 1.86. The van der Waals surface area contributed by atoms with E-state index < -0.39 is 10.0 Å². The van der Waals surface area contributed by atoms with E-state index >= 15 is 0 Å². The van der Waals surface area contributed by atoms with E-state index in [1.165, 1.54) is 0 Å². The first-order valence-electron chi connectivity index (χ1n) is 6.74. The minimum atomic E-state index is -3.55. The van der Waals surface area contributed by atoms with Crippen LogP contribution in [0.5, 0.6) is 0 Å². The number of rotatable bonds is 2. The van der Waals surface area contributed by atoms with Crippen LogP contribution >= 0.6 is 11.5 Å². The molecule has 2 aromatic heterocycles. The summed E-state index contributed by atoms with van der Waals surface area (Å²) in [5.74, 6) is 0. The molecular weight excluding hydrogens is 308 g/mol. The fourth-order valence-corrected chi connectivity index (χ4v) is 5.77. The standard InChI is InChI=1S/C13H14N4O2S2/c1-9-6-13(20-15-9)21(18,19)17-10-3-5-16(8-10)12-7-14-4-2-11(12)17/h2,4,6-7,10H,3,5,8H2,1H3. The van der Waals surface area contributed by atoms with E-state index in [4.69, 9.17) is 0 Å². The van der Waals surface area contributed by atoms with E-state index in [9.17, 15) is 8.42 Å². The maximum atomic E-state index is 13.0. The first kappa shape index (κ1) is 13.0. The van der Waals surface area contributed by atoms with E-state index in [2.05, 4.69) is 14.3 Å². The van der Waals surface area contributed by atoms with Crippen LogP contribution in [0.25, 0.3) is 0 Å². The molecular formula is C13H14N4O2S2. The topological polar surface area (TPSA) is 66.4 Å². The van der Waals surface area contributed by atoms with E-state index in [0.29, 0.717) is 4.21 Å². The second kappa shape index (κ2) is 4.41. The molecule has 0 N–H and O–H groups in total. The van der Waals surface area contributed by atoms with Crippen LogP contribution in [0.3, 0.4) is 0 Å². The van der Waals surface area contributed by atoms with Crippen molar-refractivity contribution in [2.75, 3.05) is 22.3 Å². The Morgan fingerprint density at radius 1 is 1.38 bits per heavy atom. The Morgan fingerprint density at radius 2 is 2.24 bits per heavy atom. The second-order valence-electron chi connectivity index (χ2n) is 5.34. The molecule has 0 saturated carbocycles. The second-order valence-corrected chi connectivity index (χ2v) is 8.19. The summed E-state index contributed by atoms with van der Waals surface area (Å²) in [5, 5.41) is 0. The first-order valence-corrected chi connectivity index (χ1v) is 8.95. The lowest BCUT2D eigenvalue weighted by Crippen LogP contribution is -2.45. The summed E-state index contributed by atoms with van der Waals surface area (Å²) in [5.41, 5.74) is 2.36. The fraction of sp³-hybridized carbons (Fsp3) is 0.385. The molecule has 4 rings (SSSR count). The first-order chi connectivity index (χ1) is 10.1. The zero-order valence-corrected chi connectivity index (χ0v) is 13.1. The van der Waals surface area contributed by atoms with Crippen molar-refractivity contribution in [3.05, 3.63) is 30.2 Å². The number of nitrogens with zero attached hydrogens (tertiary/aromatic N) is 4. The van der Waals surface area contributed by atoms with Crippen LogP contribution in [0.15, 0.2) is 28.7 Å². The van der Waals surface area contributed by atoms with Crippen molar-refractivity contribution >= 4 is 32.9 Å². The quantitative estimate of drug-likeness (QED) is 0.841. The normalized spacial score (nSPS) is 20.7. The SMILES string of the molecule is Cc1cc(S(=O)(=O)N2c3ccncc3N3CCC2C3)sn1. The number of hydrogen-bond donors (Lipinski definition) is 0. The van der Waals surface area contributed by atoms with Crippen LogP contribution in [-0.4, -0.2) is 36.9 Å². The molecule has 1 fully saturated rings. The van der Waals surface area contributed by atoms with Crippen LogP contribution in [0.2, 0.25) is 0 Å². The molecule has 4 heterocycles. The Balaban J connectivity index is 1.89. The van der Waals surface area contributed by atoms with Gasteiger partial charge in [-0.05, 0) is 37.0 Å². The average molecular weight is 322 g/mol. The van der Waals surface area contributed by atoms with Crippen molar-refractivity contribution in [1.82, 2.24) is 9.36 Å². The summed E-state index contributed by atoms with van der Waals surface area (Å²) in [6.45, 7) is 3.41. The molecule has 1 atom stereocenters. The van der Waals surface area contributed by atoms with Gasteiger partial charge in [-0.25, -0.2) is 8.42 Å². The van der Waals surface area contributed by atoms with Crippen molar-refractivity contribution in [1.29, 1.82) is 0 Å². The van der Waals surface area contributed by atoms with Crippen LogP contribution in [-0.2, 0) is 10.0 Å². The van der Waals surface area contributed by atoms with Gasteiger partial charge in [-0.1, -0.05) is 0 Å². The summed E-state index contributed by atoms with van der Waals surface area (Å²) in [6.07, 6.45) is 4.23. The van der Waals surface area contributed by atoms with Crippen LogP contribution in [0.4, 0.5) is 11.4 Å². The van der Waals surface area contributed by atoms with Crippen molar-refractivity contribution in [3.63, 3.8) is 0 Å². The molecule has 1 saturated heterocycles. The molecule has 0 aromatic carbocycles. The highest BCUT2D eigenvalue weighted by atomic mass is 32.2. The molecule has 6 nitrogen and oxygen atoms in total. The number of fused-ring (bicyclic) bond motifs is 4. The van der Waals surface area contributed by atoms with Gasteiger partial charge in [0.15, 0.2) is 4.21 Å². The molecule has 0 aliphatic carbocycles. The predicted octanol–water partition coefficient (Wildman–Crippen LogP) is 1.63. The highest BCUT2D eigenvalue weighted by Crippen LogP contribution is 2.42. The molecule has 21 heavy (non-hydrogen) atoms. The van der Waals surface area contributed by atoms with Gasteiger partial charge in [-0.15, -0.1) is 0 Å². The van der Waals surface area contributed by atoms with Crippen molar-refractivity contribution < 1.29 is 8.42 Å². The van der Waals surface area contributed by atoms with Crippen LogP contribution < -0.4 is 9.21 Å². The average Bonchev–Trinajstić information content (AvgIpc) is 3.07. The molecule has 0 spiro atoms. The van der Waals surface area contributed by atoms with Gasteiger partial charge < -0.3 is 4.90 Å². The number of aryl methyl sites for hydroxylation is 1. The molecule has 2 aromatic rings. The van der Waals surface area contributed by atoms with Gasteiger partial charge in [0.05, 0.1) is 29.3 Å². The van der Waals surface area contributed by atoms with Gasteiger partial charge in [0.25, 0.3) is 10.0 Å². The van der Waals surface area contributed by atoms with E-state index in [1.54, 1.807) is 35.8 Å². The predicted molar refractivity (Wildman–Crippen MR) is 81.4 cm³/mol. The summed E-state index contributed by atoms with van der Waals surface area (Å²) in [6, 6.07) is 3.42. The Labute approximate surface area is 127 Å². The summed E-state index contributed by atoms with van der Waals surface area (Å²) in [7, 11) is -3.55. The van der Waals surface area contributed by atoms with Gasteiger partial charge in [-0.3, -0.25) is 9.29 Å². The molecule has 0 amide bonds. The lowest BCUT2D eigenvalue weighted by atomic mass is 10.2. The van der Waals surface area contributed by atoms with Gasteiger partial charge in [0, 0.05) is 19.3 Å². The highest BCUT2D eigenvalue weighted by Gasteiger charge is 2.42. The number of aromatic nitrogens is 2. The molecule has 1 unspecified atom stereocenters. The number of hydrogen-bond acceptors (Lipinski definition) is 6. The zero-order chi connectivity index (χ0) is 14.6. The fourth-order valence-electron chi connectivity index (χ4n) is 3.04. The maximum absolute atomic E-state index is 13.0. The monoisotopic (exact) mass is 322 g/mol. The summed E-state index contributed by atoms with van der Waals surface area (Å²) < 4.78 is 32.0. The highest BCUT2D eigenvalue weighted by molar-refractivity contribution is 7.94. The molecule has 2 aliphatic rings. The molecule has 2 bridgehead atoms. The summed E-state index contributed by atoms with van der Waals surface area (Å²) >= 11 is 1.04. The molecule has 2 aliphatic heterocycles. The van der Waals surface area contributed by atoms with Gasteiger partial charge in [0.1, 0.15) is 0 Å². The van der Waals surface area contributed by atoms with Gasteiger partial charge in [0.2, 0.25) is 0 Å². The van der Waals surface area contributed by atoms with Crippen LogP contribution in [0, 0.1) is 6.92 Å². The number of sulfonamides is 1. The maximum Gasteiger partial charge on any atom is 0.275 e. The number of anilines is 2. The smallest absolute Gasteiger partial charge is 0.275 e. The van der Waals surface area contributed by atoms with E-state index in [1.807, 2.05) is 0 Å². The summed E-state index contributed by atoms with van der Waals surface area (Å²) in [4.78, 5) is 6.34. The van der Waals surface area contributed by atoms with Crippen molar-refractivity contribution in [2.45, 2.75) is 23.6 Å². The van der Waals surface area contributed by atoms with E-state index in [-0.39, 0.29) is 6.04 Å². The molecule has 8 heteroatoms. The van der Waals surface area contributed by atoms with Gasteiger partial charge in [-0.2, -0.15) is 4.37 Å². The lowest BCUT2D eigenvalue weighted by Gasteiger charge is -2.36. The Morgan fingerprint density at radius 3 is 3.00 bits per heavy atom. The lowest BCUT2D eigenvalue weighted by molar-refractivity contribution is 0.580. The van der Waals surface area contributed by atoms with Crippen molar-refractivity contribution in [2.24, 2.45) is 0 Å². The zero-order valence-electron chi connectivity index (χ0n) is 11.4. The van der Waals surface area contributed by atoms with Crippen molar-refractivity contribution in [3.8, 4) is 0 Å². The largest absolute Gasteiger partial charge is 0.366 e. The van der Waals surface area contributed by atoms with Crippen LogP contribution in [0.1, 0.15) is 12.1 Å². The molecule has 110 valence electrons. The Bertz CT molecular complexity index is 802. The third-order valence-corrected chi connectivity index (χ3v) is 7.14. The minimum absolute atomic E-state index is 0.00712. The van der Waals surface area contributed by atoms with E-state index in [0.717, 1.165) is 48.1 Å². The third-order valence-electron chi connectivity index (χ3n) is 3.97. The molecule has 0 radical (unpaired) electrons. The number of pyridine rings is 1. The Kier molecular flexibility index (Phi) is 2.74. The Hall–Kier alpha value is -1.67. The van der Waals surface area contributed by atoms with Gasteiger partial charge >= 0.3 is 0 Å².